The lowest BCUT2D eigenvalue weighted by atomic mass is 9.65. The third-order valence-corrected chi connectivity index (χ3v) is 10.6. The summed E-state index contributed by atoms with van der Waals surface area (Å²) in [7, 11) is 0. The van der Waals surface area contributed by atoms with Crippen molar-refractivity contribution in [1.29, 1.82) is 0 Å². The van der Waals surface area contributed by atoms with E-state index < -0.39 is 60.1 Å². The maximum Gasteiger partial charge on any atom is 0.335 e. The van der Waals surface area contributed by atoms with Crippen LogP contribution in [0.4, 0.5) is 0 Å². The molecule has 2 saturated heterocycles. The average Bonchev–Trinajstić information content (AvgIpc) is 3.47. The molecule has 7 N–H and O–H groups in total. The highest BCUT2D eigenvalue weighted by atomic mass is 16.7. The lowest BCUT2D eigenvalue weighted by Crippen LogP contribution is -2.68. The number of aromatic hydroxyl groups is 2. The number of Topliss-reactive ketones (excluding diaryl/α,β-unsaturated/α-hetero) is 1. The molecule has 2 aromatic carbocycles. The van der Waals surface area contributed by atoms with Crippen LogP contribution in [0.3, 0.4) is 0 Å². The van der Waals surface area contributed by atoms with Crippen molar-refractivity contribution in [1.82, 2.24) is 0 Å². The molecule has 2 heterocycles. The van der Waals surface area contributed by atoms with Gasteiger partial charge in [0.15, 0.2) is 5.78 Å². The molecule has 0 bridgehead atoms. The van der Waals surface area contributed by atoms with Crippen molar-refractivity contribution in [3.05, 3.63) is 28.8 Å². The van der Waals surface area contributed by atoms with Crippen LogP contribution in [0.1, 0.15) is 85.1 Å². The van der Waals surface area contributed by atoms with Crippen LogP contribution >= 0.6 is 0 Å². The van der Waals surface area contributed by atoms with Crippen molar-refractivity contribution in [2.75, 3.05) is 19.8 Å². The number of aliphatic hydroxyl groups is 4. The highest BCUT2D eigenvalue weighted by Crippen LogP contribution is 2.52. The number of carboxylic acids is 1. The van der Waals surface area contributed by atoms with Gasteiger partial charge < -0.3 is 50.0 Å². The summed E-state index contributed by atoms with van der Waals surface area (Å²) in [6.07, 6.45) is -0.928. The van der Waals surface area contributed by atoms with Crippen molar-refractivity contribution in [3.63, 3.8) is 0 Å². The number of phenolic OH excluding ortho intramolecular Hbond substituents is 2. The van der Waals surface area contributed by atoms with Gasteiger partial charge in [-0.2, -0.15) is 0 Å². The molecule has 2 aromatic rings. The van der Waals surface area contributed by atoms with Gasteiger partial charge in [0.05, 0.1) is 29.7 Å². The predicted molar refractivity (Wildman–Crippen MR) is 161 cm³/mol. The zero-order valence-electron chi connectivity index (χ0n) is 25.9. The molecule has 0 amide bonds. The molecule has 0 radical (unpaired) electrons. The van der Waals surface area contributed by atoms with Gasteiger partial charge in [0.25, 0.3) is 0 Å². The van der Waals surface area contributed by atoms with Crippen molar-refractivity contribution in [2.24, 2.45) is 17.3 Å². The maximum atomic E-state index is 12.3. The Bertz CT molecular complexity index is 1450. The molecule has 0 aromatic heterocycles. The van der Waals surface area contributed by atoms with Gasteiger partial charge in [-0.3, -0.25) is 4.79 Å². The number of ketones is 1. The Kier molecular flexibility index (Phi) is 9.38. The minimum absolute atomic E-state index is 0.0190. The molecule has 12 heteroatoms. The number of aromatic carboxylic acids is 1. The van der Waals surface area contributed by atoms with E-state index in [1.807, 2.05) is 0 Å². The van der Waals surface area contributed by atoms with E-state index in [2.05, 4.69) is 6.92 Å². The number of carboxylic acid groups (broad SMARTS) is 1. The monoisotopic (exact) mass is 632 g/mol. The predicted octanol–water partition coefficient (Wildman–Crippen LogP) is 3.02. The molecular weight excluding hydrogens is 588 g/mol. The van der Waals surface area contributed by atoms with Crippen LogP contribution in [0, 0.1) is 24.2 Å². The highest BCUT2D eigenvalue weighted by Gasteiger charge is 2.56. The third-order valence-electron chi connectivity index (χ3n) is 10.6. The van der Waals surface area contributed by atoms with E-state index in [0.717, 1.165) is 44.2 Å². The molecule has 0 unspecified atom stereocenters. The quantitative estimate of drug-likeness (QED) is 0.158. The van der Waals surface area contributed by atoms with Crippen molar-refractivity contribution < 1.29 is 59.5 Å². The number of aliphatic hydroxyl groups excluding tert-OH is 3. The summed E-state index contributed by atoms with van der Waals surface area (Å²) in [6.45, 7) is 5.35. The number of ether oxygens (including phenoxy) is 3. The van der Waals surface area contributed by atoms with Crippen molar-refractivity contribution in [3.8, 4) is 17.2 Å². The zero-order chi connectivity index (χ0) is 32.8. The second-order valence-electron chi connectivity index (χ2n) is 13.2. The number of fused-ring (bicyclic) bond motifs is 1. The molecule has 1 aliphatic carbocycles. The summed E-state index contributed by atoms with van der Waals surface area (Å²) in [6, 6.07) is 2.13. The molecule has 5 rings (SSSR count). The van der Waals surface area contributed by atoms with E-state index >= 15 is 0 Å². The first-order valence-electron chi connectivity index (χ1n) is 15.6. The molecule has 3 fully saturated rings. The van der Waals surface area contributed by atoms with Gasteiger partial charge in [0.2, 0.25) is 6.29 Å². The minimum Gasteiger partial charge on any atom is -0.507 e. The summed E-state index contributed by atoms with van der Waals surface area (Å²) in [5.41, 5.74) is -2.46. The lowest BCUT2D eigenvalue weighted by Gasteiger charge is -2.49. The Labute approximate surface area is 261 Å². The van der Waals surface area contributed by atoms with Crippen LogP contribution in [-0.4, -0.2) is 97.5 Å². The zero-order valence-corrected chi connectivity index (χ0v) is 25.9. The Balaban J connectivity index is 1.42. The van der Waals surface area contributed by atoms with E-state index in [4.69, 9.17) is 14.2 Å². The number of phenols is 2. The standard InChI is InChI=1S/C33H44O12/c1-16(21-7-11-43-15-32(21)8-4-5-9-32)6-10-33(42)23(14-34)45-31(28(38)29(33)39)44-22-13-19(30(40)41)12-20-25(22)27(37)24(18(3)35)17(2)26(20)36/h12-13,16,21,23,28-29,31,34,36-39,42H,4-11,14-15H2,1-3H3,(H,40,41)/t16-,21-,23-,28-,29-,31-,33-/m1/s1. The second-order valence-corrected chi connectivity index (χ2v) is 13.2. The summed E-state index contributed by atoms with van der Waals surface area (Å²) in [5, 5.41) is 75.6. The summed E-state index contributed by atoms with van der Waals surface area (Å²) < 4.78 is 17.5. The van der Waals surface area contributed by atoms with E-state index in [1.54, 1.807) is 0 Å². The number of benzene rings is 2. The molecule has 2 aliphatic heterocycles. The smallest absolute Gasteiger partial charge is 0.335 e. The molecule has 3 aliphatic rings. The van der Waals surface area contributed by atoms with Crippen LogP contribution in [0.2, 0.25) is 0 Å². The van der Waals surface area contributed by atoms with Gasteiger partial charge in [-0.15, -0.1) is 0 Å². The molecule has 1 saturated carbocycles. The van der Waals surface area contributed by atoms with E-state index in [1.165, 1.54) is 13.8 Å². The Morgan fingerprint density at radius 2 is 1.82 bits per heavy atom. The fraction of sp³-hybridized carbons (Fsp3) is 0.636. The van der Waals surface area contributed by atoms with Gasteiger partial charge in [0, 0.05) is 17.6 Å². The first kappa shape index (κ1) is 33.4. The van der Waals surface area contributed by atoms with Crippen LogP contribution in [0.15, 0.2) is 12.1 Å². The van der Waals surface area contributed by atoms with E-state index in [9.17, 15) is 45.3 Å². The fourth-order valence-corrected chi connectivity index (χ4v) is 8.09. The first-order valence-corrected chi connectivity index (χ1v) is 15.6. The highest BCUT2D eigenvalue weighted by molar-refractivity contribution is 6.11. The van der Waals surface area contributed by atoms with Gasteiger partial charge in [-0.05, 0) is 75.3 Å². The SMILES string of the molecule is CC(=O)c1c(C)c(O)c2cc(C(=O)O)cc(O[C@@H]3O[C@H](CO)[C@](O)(CC[C@@H](C)[C@H]4CCOCC45CCCC5)[C@H](O)[C@H]3O)c2c1O. The van der Waals surface area contributed by atoms with Crippen molar-refractivity contribution in [2.45, 2.75) is 95.9 Å². The Morgan fingerprint density at radius 3 is 2.44 bits per heavy atom. The molecule has 45 heavy (non-hydrogen) atoms. The summed E-state index contributed by atoms with van der Waals surface area (Å²) >= 11 is 0. The van der Waals surface area contributed by atoms with E-state index in [0.29, 0.717) is 25.6 Å². The Morgan fingerprint density at radius 1 is 1.13 bits per heavy atom. The van der Waals surface area contributed by atoms with Gasteiger partial charge >= 0.3 is 5.97 Å². The maximum absolute atomic E-state index is 12.3. The molecule has 248 valence electrons. The van der Waals surface area contributed by atoms with Crippen LogP contribution in [0.5, 0.6) is 17.2 Å². The largest absolute Gasteiger partial charge is 0.507 e. The number of hydrogen-bond donors (Lipinski definition) is 7. The Hall–Kier alpha value is -3.00. The third kappa shape index (κ3) is 5.77. The lowest BCUT2D eigenvalue weighted by molar-refractivity contribution is -0.315. The van der Waals surface area contributed by atoms with Crippen molar-refractivity contribution >= 4 is 22.5 Å². The van der Waals surface area contributed by atoms with E-state index in [-0.39, 0.29) is 51.0 Å². The molecule has 1 spiro atoms. The molecular formula is C33H44O12. The molecule has 12 nitrogen and oxygen atoms in total. The van der Waals surface area contributed by atoms with Crippen LogP contribution < -0.4 is 4.74 Å². The summed E-state index contributed by atoms with van der Waals surface area (Å²) in [4.78, 5) is 24.2. The number of hydrogen-bond acceptors (Lipinski definition) is 11. The summed E-state index contributed by atoms with van der Waals surface area (Å²) in [5.74, 6) is -2.83. The number of rotatable bonds is 9. The van der Waals surface area contributed by atoms with Crippen LogP contribution in [0.25, 0.3) is 10.8 Å². The average molecular weight is 633 g/mol. The van der Waals surface area contributed by atoms with Crippen LogP contribution in [-0.2, 0) is 9.47 Å². The molecule has 7 atom stereocenters. The van der Waals surface area contributed by atoms with Gasteiger partial charge in [-0.25, -0.2) is 4.79 Å². The number of carbonyl (C=O) groups excluding carboxylic acids is 1. The normalized spacial score (nSPS) is 30.4. The number of carbonyl (C=O) groups is 2. The minimum atomic E-state index is -2.04. The van der Waals surface area contributed by atoms with Gasteiger partial charge in [0.1, 0.15) is 41.2 Å². The second kappa shape index (κ2) is 12.7. The topological polar surface area (TPSA) is 203 Å². The first-order chi connectivity index (χ1) is 21.3. The fourth-order valence-electron chi connectivity index (χ4n) is 8.09. The van der Waals surface area contributed by atoms with Gasteiger partial charge in [-0.1, -0.05) is 19.8 Å².